The van der Waals surface area contributed by atoms with Crippen LogP contribution in [-0.4, -0.2) is 59.2 Å². The van der Waals surface area contributed by atoms with Gasteiger partial charge >= 0.3 is 12.2 Å². The first-order valence-corrected chi connectivity index (χ1v) is 11.3. The van der Waals surface area contributed by atoms with Crippen LogP contribution in [0.4, 0.5) is 9.59 Å². The van der Waals surface area contributed by atoms with Crippen molar-refractivity contribution in [1.29, 1.82) is 0 Å². The van der Waals surface area contributed by atoms with Gasteiger partial charge in [0.1, 0.15) is 12.2 Å². The molecule has 4 rings (SSSR count). The number of ether oxygens (including phenoxy) is 2. The van der Waals surface area contributed by atoms with Gasteiger partial charge in [0.05, 0.1) is 12.0 Å². The molecule has 0 radical (unpaired) electrons. The maximum Gasteiger partial charge on any atom is 0.416 e. The number of nitrogens with zero attached hydrogens (tertiary/aromatic N) is 2. The summed E-state index contributed by atoms with van der Waals surface area (Å²) in [6.45, 7) is 6.14. The summed E-state index contributed by atoms with van der Waals surface area (Å²) in [5.41, 5.74) is 1.34. The monoisotopic (exact) mass is 450 g/mol. The third kappa shape index (κ3) is 5.18. The second-order valence-electron chi connectivity index (χ2n) is 9.64. The topological polar surface area (TPSA) is 76.2 Å². The van der Waals surface area contributed by atoms with Crippen molar-refractivity contribution >= 4 is 18.1 Å². The largest absolute Gasteiger partial charge is 0.447 e. The molecule has 0 aromatic heterocycles. The van der Waals surface area contributed by atoms with Crippen LogP contribution in [0.25, 0.3) is 0 Å². The molecule has 2 saturated heterocycles. The zero-order valence-electron chi connectivity index (χ0n) is 19.3. The van der Waals surface area contributed by atoms with E-state index >= 15 is 0 Å². The average molecular weight is 451 g/mol. The highest BCUT2D eigenvalue weighted by Crippen LogP contribution is 2.36. The van der Waals surface area contributed by atoms with Crippen LogP contribution in [0.15, 0.2) is 60.7 Å². The van der Waals surface area contributed by atoms with Crippen molar-refractivity contribution in [3.63, 3.8) is 0 Å². The second-order valence-corrected chi connectivity index (χ2v) is 9.64. The fraction of sp³-hybridized carbons (Fsp3) is 0.423. The van der Waals surface area contributed by atoms with E-state index in [9.17, 15) is 14.4 Å². The number of hydrogen-bond acceptors (Lipinski definition) is 5. The summed E-state index contributed by atoms with van der Waals surface area (Å²) in [4.78, 5) is 41.9. The van der Waals surface area contributed by atoms with E-state index in [1.54, 1.807) is 4.90 Å². The van der Waals surface area contributed by atoms with E-state index in [1.165, 1.54) is 4.90 Å². The van der Waals surface area contributed by atoms with Crippen LogP contribution >= 0.6 is 0 Å². The summed E-state index contributed by atoms with van der Waals surface area (Å²) >= 11 is 0. The minimum absolute atomic E-state index is 0.165. The number of cyclic esters (lactones) is 1. The molecule has 2 heterocycles. The third-order valence-corrected chi connectivity index (χ3v) is 6.03. The summed E-state index contributed by atoms with van der Waals surface area (Å²) in [5.74, 6) is -1.11. The Balaban J connectivity index is 1.58. The van der Waals surface area contributed by atoms with Crippen molar-refractivity contribution in [2.24, 2.45) is 5.92 Å². The lowest BCUT2D eigenvalue weighted by Crippen LogP contribution is -2.45. The molecule has 2 aromatic carbocycles. The number of rotatable bonds is 4. The Kier molecular flexibility index (Phi) is 6.40. The maximum atomic E-state index is 13.7. The van der Waals surface area contributed by atoms with Crippen LogP contribution < -0.4 is 0 Å². The van der Waals surface area contributed by atoms with E-state index in [0.717, 1.165) is 11.1 Å². The molecule has 0 saturated carbocycles. The minimum Gasteiger partial charge on any atom is -0.447 e. The highest BCUT2D eigenvalue weighted by Gasteiger charge is 2.48. The van der Waals surface area contributed by atoms with Crippen molar-refractivity contribution in [3.8, 4) is 0 Å². The molecule has 0 aliphatic carbocycles. The van der Waals surface area contributed by atoms with E-state index in [2.05, 4.69) is 0 Å². The zero-order chi connectivity index (χ0) is 23.6. The van der Waals surface area contributed by atoms with Crippen LogP contribution in [0.1, 0.15) is 37.8 Å². The van der Waals surface area contributed by atoms with Crippen LogP contribution in [0.3, 0.4) is 0 Å². The first-order valence-electron chi connectivity index (χ1n) is 11.3. The third-order valence-electron chi connectivity index (χ3n) is 6.03. The minimum atomic E-state index is -0.638. The van der Waals surface area contributed by atoms with Crippen LogP contribution in [0.2, 0.25) is 0 Å². The zero-order valence-corrected chi connectivity index (χ0v) is 19.3. The van der Waals surface area contributed by atoms with E-state index in [-0.39, 0.29) is 31.0 Å². The highest BCUT2D eigenvalue weighted by atomic mass is 16.6. The molecule has 7 heteroatoms. The Labute approximate surface area is 194 Å². The van der Waals surface area contributed by atoms with Gasteiger partial charge in [-0.3, -0.25) is 4.79 Å². The standard InChI is InChI=1S/C26H30N2O5/c1-26(2,3)33-24(30)27-15-21(19-12-8-5-9-13-19)22(16-27)23(29)28-20(17-32-25(28)31)14-18-10-6-4-7-11-18/h4-13,20-22H,14-17H2,1-3H3/t20-,21-,22+/m1/s1. The number of amides is 3. The molecular formula is C26H30N2O5. The number of carbonyl (C=O) groups is 3. The summed E-state index contributed by atoms with van der Waals surface area (Å²) < 4.78 is 10.8. The van der Waals surface area contributed by atoms with Gasteiger partial charge < -0.3 is 14.4 Å². The highest BCUT2D eigenvalue weighted by molar-refractivity contribution is 5.96. The lowest BCUT2D eigenvalue weighted by Gasteiger charge is -2.26. The quantitative estimate of drug-likeness (QED) is 0.697. The van der Waals surface area contributed by atoms with Gasteiger partial charge in [-0.05, 0) is 38.3 Å². The van der Waals surface area contributed by atoms with Gasteiger partial charge in [-0.15, -0.1) is 0 Å². The molecule has 2 aliphatic heterocycles. The summed E-state index contributed by atoms with van der Waals surface area (Å²) in [6, 6.07) is 19.0. The fourth-order valence-corrected chi connectivity index (χ4v) is 4.51. The number of likely N-dealkylation sites (tertiary alicyclic amines) is 1. The number of carbonyl (C=O) groups excluding carboxylic acids is 3. The smallest absolute Gasteiger partial charge is 0.416 e. The Morgan fingerprint density at radius 1 is 1.00 bits per heavy atom. The molecule has 2 aliphatic rings. The number of benzene rings is 2. The van der Waals surface area contributed by atoms with Gasteiger partial charge in [-0.2, -0.15) is 0 Å². The Bertz CT molecular complexity index is 1000. The van der Waals surface area contributed by atoms with Crippen LogP contribution in [0.5, 0.6) is 0 Å². The molecule has 0 spiro atoms. The first kappa shape index (κ1) is 22.8. The van der Waals surface area contributed by atoms with E-state index in [0.29, 0.717) is 13.0 Å². The lowest BCUT2D eigenvalue weighted by molar-refractivity contribution is -0.133. The van der Waals surface area contributed by atoms with Crippen molar-refractivity contribution < 1.29 is 23.9 Å². The van der Waals surface area contributed by atoms with Gasteiger partial charge in [0, 0.05) is 19.0 Å². The van der Waals surface area contributed by atoms with Gasteiger partial charge in [-0.25, -0.2) is 14.5 Å². The van der Waals surface area contributed by atoms with E-state index in [4.69, 9.17) is 9.47 Å². The predicted molar refractivity (Wildman–Crippen MR) is 123 cm³/mol. The van der Waals surface area contributed by atoms with Crippen molar-refractivity contribution in [2.75, 3.05) is 19.7 Å². The van der Waals surface area contributed by atoms with Crippen LogP contribution in [-0.2, 0) is 20.7 Å². The van der Waals surface area contributed by atoms with Crippen molar-refractivity contribution in [1.82, 2.24) is 9.80 Å². The molecule has 2 fully saturated rings. The Hall–Kier alpha value is -3.35. The molecule has 0 unspecified atom stereocenters. The molecule has 0 N–H and O–H groups in total. The molecule has 2 aromatic rings. The first-order chi connectivity index (χ1) is 15.7. The van der Waals surface area contributed by atoms with Crippen molar-refractivity contribution in [2.45, 2.75) is 44.8 Å². The molecule has 174 valence electrons. The summed E-state index contributed by atoms with van der Waals surface area (Å²) in [6.07, 6.45) is -0.552. The Morgan fingerprint density at radius 3 is 2.27 bits per heavy atom. The number of hydrogen-bond donors (Lipinski definition) is 0. The Morgan fingerprint density at radius 2 is 1.64 bits per heavy atom. The molecular weight excluding hydrogens is 420 g/mol. The predicted octanol–water partition coefficient (Wildman–Crippen LogP) is 4.23. The fourth-order valence-electron chi connectivity index (χ4n) is 4.51. The summed E-state index contributed by atoms with van der Waals surface area (Å²) in [5, 5.41) is 0. The molecule has 33 heavy (non-hydrogen) atoms. The normalized spacial score (nSPS) is 22.9. The van der Waals surface area contributed by atoms with E-state index in [1.807, 2.05) is 81.4 Å². The van der Waals surface area contributed by atoms with Crippen molar-refractivity contribution in [3.05, 3.63) is 71.8 Å². The molecule has 3 amide bonds. The van der Waals surface area contributed by atoms with Gasteiger partial charge in [0.2, 0.25) is 5.91 Å². The average Bonchev–Trinajstić information content (AvgIpc) is 3.38. The van der Waals surface area contributed by atoms with E-state index < -0.39 is 23.7 Å². The molecule has 0 bridgehead atoms. The summed E-state index contributed by atoms with van der Waals surface area (Å²) in [7, 11) is 0. The number of imide groups is 1. The van der Waals surface area contributed by atoms with Gasteiger partial charge in [0.25, 0.3) is 0 Å². The SMILES string of the molecule is CC(C)(C)OC(=O)N1C[C@H](C(=O)N2C(=O)OC[C@H]2Cc2ccccc2)[C@@H](c2ccccc2)C1. The van der Waals surface area contributed by atoms with Gasteiger partial charge in [-0.1, -0.05) is 60.7 Å². The van der Waals surface area contributed by atoms with Gasteiger partial charge in [0.15, 0.2) is 0 Å². The molecule has 3 atom stereocenters. The van der Waals surface area contributed by atoms with Crippen LogP contribution in [0, 0.1) is 5.92 Å². The maximum absolute atomic E-state index is 13.7. The second kappa shape index (κ2) is 9.25. The lowest BCUT2D eigenvalue weighted by atomic mass is 9.87. The molecule has 7 nitrogen and oxygen atoms in total.